The molecule has 9 heteroatoms. The van der Waals surface area contributed by atoms with Crippen molar-refractivity contribution in [3.63, 3.8) is 0 Å². The van der Waals surface area contributed by atoms with Gasteiger partial charge in [0.05, 0.1) is 15.1 Å². The number of fused-ring (bicyclic) bond motifs is 1. The number of thiophene rings is 1. The van der Waals surface area contributed by atoms with Gasteiger partial charge in [0.25, 0.3) is 0 Å². The molecule has 0 atom stereocenters. The van der Waals surface area contributed by atoms with Crippen molar-refractivity contribution in [1.82, 2.24) is 20.6 Å². The molecule has 1 aliphatic rings. The molecule has 1 aliphatic heterocycles. The summed E-state index contributed by atoms with van der Waals surface area (Å²) in [6, 6.07) is 16.7. The average Bonchev–Trinajstić information content (AvgIpc) is 3.40. The van der Waals surface area contributed by atoms with E-state index in [1.807, 2.05) is 32.4 Å². The normalized spacial score (nSPS) is 15.4. The summed E-state index contributed by atoms with van der Waals surface area (Å²) in [5.74, 6) is 2.93. The van der Waals surface area contributed by atoms with Gasteiger partial charge in [-0.3, -0.25) is 9.98 Å². The number of aromatic nitrogens is 2. The number of hydrogen-bond acceptors (Lipinski definition) is 8. The Balaban J connectivity index is 1.43. The molecule has 2 N–H and O–H groups in total. The Bertz CT molecular complexity index is 1380. The van der Waals surface area contributed by atoms with Crippen LogP contribution in [0.4, 0.5) is 5.82 Å². The maximum Gasteiger partial charge on any atom is 0.167 e. The van der Waals surface area contributed by atoms with Crippen LogP contribution in [0.25, 0.3) is 10.2 Å². The Kier molecular flexibility index (Phi) is 8.32. The van der Waals surface area contributed by atoms with Gasteiger partial charge in [-0.1, -0.05) is 41.7 Å². The first-order valence-corrected chi connectivity index (χ1v) is 14.4. The monoisotopic (exact) mass is 532 g/mol. The van der Waals surface area contributed by atoms with E-state index in [1.165, 1.54) is 9.60 Å². The zero-order valence-electron chi connectivity index (χ0n) is 20.3. The van der Waals surface area contributed by atoms with Crippen LogP contribution in [0.1, 0.15) is 19.8 Å². The van der Waals surface area contributed by atoms with Crippen LogP contribution in [-0.2, 0) is 0 Å². The summed E-state index contributed by atoms with van der Waals surface area (Å²) in [5.41, 5.74) is 1.03. The van der Waals surface area contributed by atoms with E-state index < -0.39 is 0 Å². The van der Waals surface area contributed by atoms with Crippen LogP contribution in [-0.4, -0.2) is 41.8 Å². The van der Waals surface area contributed by atoms with Gasteiger partial charge in [0, 0.05) is 40.0 Å². The number of aliphatic imine (C=N–C) groups is 2. The number of benzene rings is 1. The van der Waals surface area contributed by atoms with Gasteiger partial charge in [-0.15, -0.1) is 11.3 Å². The third-order valence-corrected chi connectivity index (χ3v) is 8.98. The molecule has 1 saturated heterocycles. The molecule has 0 radical (unpaired) electrons. The Morgan fingerprint density at radius 3 is 2.64 bits per heavy atom. The molecule has 1 aromatic carbocycles. The number of rotatable bonds is 6. The summed E-state index contributed by atoms with van der Waals surface area (Å²) in [4.78, 5) is 23.1. The van der Waals surface area contributed by atoms with E-state index in [9.17, 15) is 0 Å². The lowest BCUT2D eigenvalue weighted by Gasteiger charge is -2.24. The van der Waals surface area contributed by atoms with Gasteiger partial charge in [-0.2, -0.15) is 0 Å². The Morgan fingerprint density at radius 2 is 1.83 bits per heavy atom. The molecule has 0 spiro atoms. The van der Waals surface area contributed by atoms with Crippen LogP contribution >= 0.6 is 34.9 Å². The molecule has 0 amide bonds. The number of pyridine rings is 2. The fourth-order valence-electron chi connectivity index (χ4n) is 4.11. The summed E-state index contributed by atoms with van der Waals surface area (Å²) in [6.07, 6.45) is 5.94. The number of nitrogens with zero attached hydrogens (tertiary/aromatic N) is 4. The first kappa shape index (κ1) is 25.0. The second-order valence-corrected chi connectivity index (χ2v) is 11.6. The van der Waals surface area contributed by atoms with Crippen molar-refractivity contribution in [3.8, 4) is 0 Å². The highest BCUT2D eigenvalue weighted by atomic mass is 32.2. The number of nitrogens with one attached hydrogen (secondary N) is 2. The summed E-state index contributed by atoms with van der Waals surface area (Å²) in [6.45, 7) is 4.03. The van der Waals surface area contributed by atoms with Crippen LogP contribution in [0.2, 0.25) is 0 Å². The van der Waals surface area contributed by atoms with E-state index in [-0.39, 0.29) is 0 Å². The lowest BCUT2D eigenvalue weighted by atomic mass is 9.96. The Hall–Kier alpha value is -2.72. The van der Waals surface area contributed by atoms with Crippen molar-refractivity contribution >= 4 is 62.6 Å². The third-order valence-electron chi connectivity index (χ3n) is 5.86. The number of amidine groups is 2. The maximum atomic E-state index is 4.89. The van der Waals surface area contributed by atoms with E-state index in [0.29, 0.717) is 11.7 Å². The molecule has 1 fully saturated rings. The highest BCUT2D eigenvalue weighted by molar-refractivity contribution is 8.00. The molecule has 0 unspecified atom stereocenters. The molecule has 6 nitrogen and oxygen atoms in total. The summed E-state index contributed by atoms with van der Waals surface area (Å²) in [7, 11) is 1.85. The van der Waals surface area contributed by atoms with Gasteiger partial charge < -0.3 is 10.6 Å². The zero-order valence-corrected chi connectivity index (χ0v) is 22.7. The summed E-state index contributed by atoms with van der Waals surface area (Å²) < 4.78 is 1.20. The minimum Gasteiger partial charge on any atom is -0.332 e. The molecule has 0 saturated carbocycles. The quantitative estimate of drug-likeness (QED) is 0.214. The van der Waals surface area contributed by atoms with Gasteiger partial charge in [-0.05, 0) is 68.6 Å². The van der Waals surface area contributed by atoms with Crippen LogP contribution in [0.5, 0.6) is 0 Å². The highest BCUT2D eigenvalue weighted by Gasteiger charge is 2.19. The predicted octanol–water partition coefficient (Wildman–Crippen LogP) is 6.66. The maximum absolute atomic E-state index is 4.89. The van der Waals surface area contributed by atoms with Crippen LogP contribution in [0.3, 0.4) is 0 Å². The SMILES string of the molecule is CN=C(N/C(C)=N/c1ncc(Sc2ccnc3ccsc23)cc1Sc1ccccc1)C1CCNCC1. The van der Waals surface area contributed by atoms with Crippen molar-refractivity contribution in [3.05, 3.63) is 66.3 Å². The molecule has 0 bridgehead atoms. The summed E-state index contributed by atoms with van der Waals surface area (Å²) in [5, 5.41) is 8.96. The first-order chi connectivity index (χ1) is 17.7. The van der Waals surface area contributed by atoms with Gasteiger partial charge in [0.15, 0.2) is 5.82 Å². The van der Waals surface area contributed by atoms with Crippen molar-refractivity contribution in [2.45, 2.75) is 39.3 Å². The topological polar surface area (TPSA) is 74.6 Å². The van der Waals surface area contributed by atoms with Gasteiger partial charge in [-0.25, -0.2) is 9.98 Å². The van der Waals surface area contributed by atoms with Crippen molar-refractivity contribution in [1.29, 1.82) is 0 Å². The fraction of sp³-hybridized carbons (Fsp3) is 0.259. The lowest BCUT2D eigenvalue weighted by Crippen LogP contribution is -2.40. The van der Waals surface area contributed by atoms with Crippen molar-refractivity contribution in [2.75, 3.05) is 20.1 Å². The van der Waals surface area contributed by atoms with E-state index in [1.54, 1.807) is 34.9 Å². The van der Waals surface area contributed by atoms with Crippen LogP contribution in [0.15, 0.2) is 95.9 Å². The minimum absolute atomic E-state index is 0.431. The smallest absolute Gasteiger partial charge is 0.167 e. The highest BCUT2D eigenvalue weighted by Crippen LogP contribution is 2.40. The molecule has 4 aromatic rings. The van der Waals surface area contributed by atoms with Gasteiger partial charge in [0.2, 0.25) is 0 Å². The largest absolute Gasteiger partial charge is 0.332 e. The number of hydrogen-bond donors (Lipinski definition) is 2. The first-order valence-electron chi connectivity index (χ1n) is 11.9. The lowest BCUT2D eigenvalue weighted by molar-refractivity contribution is 0.452. The molecule has 36 heavy (non-hydrogen) atoms. The Morgan fingerprint density at radius 1 is 1.03 bits per heavy atom. The molecular formula is C27H28N6S3. The van der Waals surface area contributed by atoms with Gasteiger partial charge in [0.1, 0.15) is 11.7 Å². The van der Waals surface area contributed by atoms with Crippen LogP contribution in [0, 0.1) is 5.92 Å². The zero-order chi connectivity index (χ0) is 24.7. The number of piperidine rings is 1. The van der Waals surface area contributed by atoms with Crippen molar-refractivity contribution < 1.29 is 0 Å². The predicted molar refractivity (Wildman–Crippen MR) is 153 cm³/mol. The molecule has 5 rings (SSSR count). The third kappa shape index (κ3) is 6.15. The molecular weight excluding hydrogens is 505 g/mol. The second kappa shape index (κ2) is 12.0. The molecule has 0 aliphatic carbocycles. The van der Waals surface area contributed by atoms with Crippen LogP contribution < -0.4 is 10.6 Å². The Labute approximate surface area is 224 Å². The van der Waals surface area contributed by atoms with E-state index in [0.717, 1.165) is 57.8 Å². The van der Waals surface area contributed by atoms with Gasteiger partial charge >= 0.3 is 0 Å². The second-order valence-electron chi connectivity index (χ2n) is 8.41. The van der Waals surface area contributed by atoms with E-state index >= 15 is 0 Å². The average molecular weight is 533 g/mol. The van der Waals surface area contributed by atoms with E-state index in [2.05, 4.69) is 68.5 Å². The molecule has 3 aromatic heterocycles. The molecule has 4 heterocycles. The molecule has 184 valence electrons. The standard InChI is InChI=1S/C27H28N6S3/c1-18(32-26(28-2)19-8-12-29-13-9-19)33-27-24(35-20-6-4-3-5-7-20)16-21(17-31-27)36-23-10-14-30-22-11-15-34-25(22)23/h3-7,10-11,14-17,19,29H,8-9,12-13H2,1-2H3,(H,28,31,32,33). The summed E-state index contributed by atoms with van der Waals surface area (Å²) >= 11 is 5.11. The van der Waals surface area contributed by atoms with E-state index in [4.69, 9.17) is 9.98 Å². The van der Waals surface area contributed by atoms with Crippen molar-refractivity contribution in [2.24, 2.45) is 15.9 Å². The minimum atomic E-state index is 0.431. The fourth-order valence-corrected chi connectivity index (χ4v) is 7.00.